The average molecular weight is 400 g/mol. The first-order chi connectivity index (χ1) is 12.8. The third-order valence-corrected chi connectivity index (χ3v) is 5.60. The lowest BCUT2D eigenvalue weighted by molar-refractivity contribution is -0.115. The Balaban J connectivity index is 1.81. The van der Waals surface area contributed by atoms with E-state index in [0.717, 1.165) is 28.2 Å². The van der Waals surface area contributed by atoms with Crippen LogP contribution < -0.4 is 10.6 Å². The quantitative estimate of drug-likeness (QED) is 0.505. The number of anilines is 3. The molecule has 0 saturated heterocycles. The highest BCUT2D eigenvalue weighted by Gasteiger charge is 2.20. The second kappa shape index (κ2) is 8.06. The van der Waals surface area contributed by atoms with Gasteiger partial charge in [0.25, 0.3) is 0 Å². The van der Waals surface area contributed by atoms with E-state index in [9.17, 15) is 4.79 Å². The van der Waals surface area contributed by atoms with Crippen LogP contribution in [-0.2, 0) is 10.5 Å². The summed E-state index contributed by atoms with van der Waals surface area (Å²) in [5, 5.41) is 3.25. The fourth-order valence-corrected chi connectivity index (χ4v) is 4.49. The van der Waals surface area contributed by atoms with E-state index in [1.54, 1.807) is 17.9 Å². The van der Waals surface area contributed by atoms with E-state index < -0.39 is 0 Å². The number of aryl methyl sites for hydroxylation is 3. The molecule has 2 aromatic heterocycles. The number of thiazole rings is 1. The van der Waals surface area contributed by atoms with Crippen LogP contribution in [-0.4, -0.2) is 20.9 Å². The summed E-state index contributed by atoms with van der Waals surface area (Å²) in [5.41, 5.74) is 10.5. The number of rotatable bonds is 5. The van der Waals surface area contributed by atoms with Gasteiger partial charge in [0.15, 0.2) is 10.3 Å². The Hall–Kier alpha value is -2.45. The molecule has 1 aromatic carbocycles. The molecule has 3 aromatic rings. The fraction of sp³-hybridized carbons (Fsp3) is 0.263. The van der Waals surface area contributed by atoms with Gasteiger partial charge in [-0.2, -0.15) is 0 Å². The number of carbonyl (C=O) groups is 1. The summed E-state index contributed by atoms with van der Waals surface area (Å²) in [6.07, 6.45) is 0. The average Bonchev–Trinajstić information content (AvgIpc) is 3.02. The minimum Gasteiger partial charge on any atom is -0.384 e. The van der Waals surface area contributed by atoms with Crippen molar-refractivity contribution in [2.75, 3.05) is 10.6 Å². The first-order valence-electron chi connectivity index (χ1n) is 8.40. The van der Waals surface area contributed by atoms with Gasteiger partial charge in [0.2, 0.25) is 5.91 Å². The highest BCUT2D eigenvalue weighted by molar-refractivity contribution is 7.98. The van der Waals surface area contributed by atoms with Crippen LogP contribution in [0.25, 0.3) is 0 Å². The molecular weight excluding hydrogens is 378 g/mol. The second-order valence-corrected chi connectivity index (χ2v) is 8.05. The number of nitrogens with zero attached hydrogens (tertiary/aromatic N) is 4. The molecule has 0 aliphatic carbocycles. The fourth-order valence-electron chi connectivity index (χ4n) is 2.70. The lowest BCUT2D eigenvalue weighted by Gasteiger charge is -2.20. The van der Waals surface area contributed by atoms with Gasteiger partial charge in [-0.1, -0.05) is 29.5 Å². The number of hydrogen-bond donors (Lipinski definition) is 1. The molecule has 0 radical (unpaired) electrons. The molecule has 0 saturated carbocycles. The third-order valence-electron chi connectivity index (χ3n) is 3.84. The minimum absolute atomic E-state index is 0.0645. The van der Waals surface area contributed by atoms with Crippen molar-refractivity contribution in [3.63, 3.8) is 0 Å². The summed E-state index contributed by atoms with van der Waals surface area (Å²) in [5.74, 6) is 1.00. The molecule has 27 heavy (non-hydrogen) atoms. The van der Waals surface area contributed by atoms with Crippen LogP contribution in [0.2, 0.25) is 0 Å². The summed E-state index contributed by atoms with van der Waals surface area (Å²) in [7, 11) is 0. The van der Waals surface area contributed by atoms with E-state index in [4.69, 9.17) is 5.73 Å². The lowest BCUT2D eigenvalue weighted by atomic mass is 10.1. The molecule has 2 N–H and O–H groups in total. The second-order valence-electron chi connectivity index (χ2n) is 6.27. The summed E-state index contributed by atoms with van der Waals surface area (Å²) in [6, 6.07) is 7.77. The van der Waals surface area contributed by atoms with Crippen LogP contribution in [0.15, 0.2) is 34.8 Å². The van der Waals surface area contributed by atoms with E-state index in [1.807, 2.05) is 38.3 Å². The normalized spacial score (nSPS) is 10.8. The molecule has 0 aliphatic heterocycles. The van der Waals surface area contributed by atoms with Gasteiger partial charge in [0, 0.05) is 29.8 Å². The molecule has 3 rings (SSSR count). The zero-order chi connectivity index (χ0) is 19.6. The SMILES string of the molecule is CC(=O)N(c1nc(CSc2nc(C)cc(N)n2)cs1)c1ccc(C)cc1C. The van der Waals surface area contributed by atoms with Crippen molar-refractivity contribution in [3.05, 3.63) is 52.2 Å². The number of nitrogen functional groups attached to an aromatic ring is 1. The van der Waals surface area contributed by atoms with Crippen molar-refractivity contribution in [1.29, 1.82) is 0 Å². The Bertz CT molecular complexity index is 966. The molecule has 1 amide bonds. The molecule has 0 bridgehead atoms. The maximum Gasteiger partial charge on any atom is 0.230 e. The van der Waals surface area contributed by atoms with Crippen molar-refractivity contribution in [2.45, 2.75) is 38.6 Å². The molecule has 0 spiro atoms. The van der Waals surface area contributed by atoms with Crippen molar-refractivity contribution in [3.8, 4) is 0 Å². The van der Waals surface area contributed by atoms with E-state index >= 15 is 0 Å². The number of thioether (sulfide) groups is 1. The van der Waals surface area contributed by atoms with Crippen LogP contribution in [0.5, 0.6) is 0 Å². The first-order valence-corrected chi connectivity index (χ1v) is 10.3. The number of benzene rings is 1. The monoisotopic (exact) mass is 399 g/mol. The summed E-state index contributed by atoms with van der Waals surface area (Å²) < 4.78 is 0. The Labute approximate surface area is 166 Å². The summed E-state index contributed by atoms with van der Waals surface area (Å²) >= 11 is 2.93. The maximum atomic E-state index is 12.3. The number of hydrogen-bond acceptors (Lipinski definition) is 7. The van der Waals surface area contributed by atoms with Crippen molar-refractivity contribution >= 4 is 45.6 Å². The predicted octanol–water partition coefficient (Wildman–Crippen LogP) is 4.42. The number of aromatic nitrogens is 3. The molecular formula is C19H21N5OS2. The first kappa shape index (κ1) is 19.3. The topological polar surface area (TPSA) is 85.0 Å². The van der Waals surface area contributed by atoms with Gasteiger partial charge in [-0.15, -0.1) is 11.3 Å². The van der Waals surface area contributed by atoms with E-state index in [-0.39, 0.29) is 5.91 Å². The molecule has 2 heterocycles. The highest BCUT2D eigenvalue weighted by Crippen LogP contribution is 2.33. The third kappa shape index (κ3) is 4.64. The Morgan fingerprint density at radius 3 is 2.63 bits per heavy atom. The predicted molar refractivity (Wildman–Crippen MR) is 112 cm³/mol. The van der Waals surface area contributed by atoms with Crippen LogP contribution in [0.3, 0.4) is 0 Å². The standard InChI is InChI=1S/C19H21N5OS2/c1-11-5-6-16(12(2)7-11)24(14(4)25)19-22-15(10-27-19)9-26-18-21-13(3)8-17(20)23-18/h5-8,10H,9H2,1-4H3,(H2,20,21,23). The zero-order valence-corrected chi connectivity index (χ0v) is 17.3. The Morgan fingerprint density at radius 2 is 1.96 bits per heavy atom. The van der Waals surface area contributed by atoms with Crippen molar-refractivity contribution in [1.82, 2.24) is 15.0 Å². The van der Waals surface area contributed by atoms with Crippen LogP contribution >= 0.6 is 23.1 Å². The van der Waals surface area contributed by atoms with E-state index in [0.29, 0.717) is 21.9 Å². The minimum atomic E-state index is -0.0645. The highest BCUT2D eigenvalue weighted by atomic mass is 32.2. The summed E-state index contributed by atoms with van der Waals surface area (Å²) in [4.78, 5) is 27.2. The van der Waals surface area contributed by atoms with Gasteiger partial charge in [-0.3, -0.25) is 9.69 Å². The van der Waals surface area contributed by atoms with E-state index in [2.05, 4.69) is 21.0 Å². The van der Waals surface area contributed by atoms with Gasteiger partial charge in [-0.25, -0.2) is 15.0 Å². The van der Waals surface area contributed by atoms with Crippen molar-refractivity contribution < 1.29 is 4.79 Å². The number of carbonyl (C=O) groups excluding carboxylic acids is 1. The molecule has 0 atom stereocenters. The maximum absolute atomic E-state index is 12.3. The number of nitrogens with two attached hydrogens (primary N) is 1. The van der Waals surface area contributed by atoms with Gasteiger partial charge in [0.05, 0.1) is 11.4 Å². The molecule has 0 aliphatic rings. The largest absolute Gasteiger partial charge is 0.384 e. The van der Waals surface area contributed by atoms with Crippen LogP contribution in [0.4, 0.5) is 16.6 Å². The zero-order valence-electron chi connectivity index (χ0n) is 15.7. The van der Waals surface area contributed by atoms with E-state index in [1.165, 1.54) is 23.1 Å². The van der Waals surface area contributed by atoms with Gasteiger partial charge < -0.3 is 5.73 Å². The molecule has 140 valence electrons. The van der Waals surface area contributed by atoms with Gasteiger partial charge in [-0.05, 0) is 32.4 Å². The summed E-state index contributed by atoms with van der Waals surface area (Å²) in [6.45, 7) is 7.48. The lowest BCUT2D eigenvalue weighted by Crippen LogP contribution is -2.23. The smallest absolute Gasteiger partial charge is 0.230 e. The Morgan fingerprint density at radius 1 is 1.19 bits per heavy atom. The van der Waals surface area contributed by atoms with Crippen LogP contribution in [0, 0.1) is 20.8 Å². The van der Waals surface area contributed by atoms with Gasteiger partial charge >= 0.3 is 0 Å². The number of amides is 1. The molecule has 8 heteroatoms. The van der Waals surface area contributed by atoms with Crippen molar-refractivity contribution in [2.24, 2.45) is 0 Å². The molecule has 0 fully saturated rings. The van der Waals surface area contributed by atoms with Gasteiger partial charge in [0.1, 0.15) is 5.82 Å². The Kier molecular flexibility index (Phi) is 5.76. The van der Waals surface area contributed by atoms with Crippen LogP contribution in [0.1, 0.15) is 29.4 Å². The molecule has 0 unspecified atom stereocenters. The molecule has 6 nitrogen and oxygen atoms in total.